The minimum absolute atomic E-state index is 0.126. The summed E-state index contributed by atoms with van der Waals surface area (Å²) in [5, 5.41) is 16.0. The second kappa shape index (κ2) is 11.2. The number of aryl methyl sites for hydroxylation is 1. The Balaban J connectivity index is 1.37. The summed E-state index contributed by atoms with van der Waals surface area (Å²) < 4.78 is 6.69. The Morgan fingerprint density at radius 3 is 2.74 bits per heavy atom. The molecule has 0 unspecified atom stereocenters. The van der Waals surface area contributed by atoms with E-state index in [0.717, 1.165) is 33.8 Å². The van der Waals surface area contributed by atoms with Gasteiger partial charge in [-0.25, -0.2) is 4.79 Å². The first-order chi connectivity index (χ1) is 18.5. The first-order valence-electron chi connectivity index (χ1n) is 12.0. The predicted octanol–water partition coefficient (Wildman–Crippen LogP) is 4.93. The van der Waals surface area contributed by atoms with Gasteiger partial charge in [-0.05, 0) is 36.2 Å². The SMILES string of the molecule is CCc1cc2c(s1)-n1c(nnc1CNC(=O)Nc1cccc(CC(=O)OC)c1)CN=C2c1ccccc1Cl. The van der Waals surface area contributed by atoms with Gasteiger partial charge in [-0.2, -0.15) is 0 Å². The zero-order valence-electron chi connectivity index (χ0n) is 20.8. The Hall–Kier alpha value is -4.02. The number of esters is 1. The fourth-order valence-corrected chi connectivity index (χ4v) is 5.56. The number of urea groups is 1. The number of benzene rings is 2. The molecule has 0 bridgehead atoms. The largest absolute Gasteiger partial charge is 0.469 e. The Kier molecular flexibility index (Phi) is 7.52. The van der Waals surface area contributed by atoms with Crippen molar-refractivity contribution in [2.75, 3.05) is 12.4 Å². The van der Waals surface area contributed by atoms with Gasteiger partial charge in [0.1, 0.15) is 11.5 Å². The van der Waals surface area contributed by atoms with E-state index in [2.05, 4.69) is 33.8 Å². The van der Waals surface area contributed by atoms with Crippen LogP contribution < -0.4 is 10.6 Å². The lowest BCUT2D eigenvalue weighted by atomic mass is 10.0. The summed E-state index contributed by atoms with van der Waals surface area (Å²) in [5.41, 5.74) is 3.95. The van der Waals surface area contributed by atoms with Gasteiger partial charge in [-0.1, -0.05) is 48.9 Å². The number of halogens is 1. The van der Waals surface area contributed by atoms with Crippen LogP contribution in [0, 0.1) is 0 Å². The van der Waals surface area contributed by atoms with Crippen molar-refractivity contribution < 1.29 is 14.3 Å². The minimum Gasteiger partial charge on any atom is -0.469 e. The molecule has 0 atom stereocenters. The molecule has 1 aliphatic heterocycles. The fraction of sp³-hybridized carbons (Fsp3) is 0.222. The van der Waals surface area contributed by atoms with Crippen LogP contribution in [-0.4, -0.2) is 39.6 Å². The number of anilines is 1. The van der Waals surface area contributed by atoms with Gasteiger partial charge in [0.25, 0.3) is 0 Å². The number of nitrogens with one attached hydrogen (secondary N) is 2. The molecule has 2 N–H and O–H groups in total. The van der Waals surface area contributed by atoms with Crippen LogP contribution in [0.4, 0.5) is 10.5 Å². The Labute approximate surface area is 228 Å². The topological polar surface area (TPSA) is 110 Å². The molecule has 1 aliphatic rings. The average Bonchev–Trinajstić information content (AvgIpc) is 3.49. The zero-order valence-corrected chi connectivity index (χ0v) is 22.4. The number of fused-ring (bicyclic) bond motifs is 3. The van der Waals surface area contributed by atoms with Crippen molar-refractivity contribution >= 4 is 46.3 Å². The normalized spacial score (nSPS) is 12.1. The van der Waals surface area contributed by atoms with E-state index in [-0.39, 0.29) is 18.9 Å². The van der Waals surface area contributed by atoms with Gasteiger partial charge in [0.05, 0.1) is 25.8 Å². The van der Waals surface area contributed by atoms with Gasteiger partial charge >= 0.3 is 12.0 Å². The van der Waals surface area contributed by atoms with E-state index in [1.54, 1.807) is 35.6 Å². The Bertz CT molecular complexity index is 1540. The number of carbonyl (C=O) groups excluding carboxylic acids is 2. The Morgan fingerprint density at radius 1 is 1.11 bits per heavy atom. The third-order valence-corrected chi connectivity index (χ3v) is 7.64. The highest BCUT2D eigenvalue weighted by Crippen LogP contribution is 2.34. The zero-order chi connectivity index (χ0) is 26.6. The lowest BCUT2D eigenvalue weighted by Gasteiger charge is -2.11. The molecule has 0 aliphatic carbocycles. The van der Waals surface area contributed by atoms with Crippen molar-refractivity contribution in [1.82, 2.24) is 20.1 Å². The smallest absolute Gasteiger partial charge is 0.319 e. The molecule has 194 valence electrons. The monoisotopic (exact) mass is 548 g/mol. The first-order valence-corrected chi connectivity index (χ1v) is 13.2. The molecular weight excluding hydrogens is 524 g/mol. The summed E-state index contributed by atoms with van der Waals surface area (Å²) in [6.07, 6.45) is 0.997. The molecule has 3 heterocycles. The van der Waals surface area contributed by atoms with Crippen LogP contribution in [0.15, 0.2) is 59.6 Å². The van der Waals surface area contributed by atoms with E-state index < -0.39 is 6.03 Å². The lowest BCUT2D eigenvalue weighted by molar-refractivity contribution is -0.139. The van der Waals surface area contributed by atoms with Gasteiger partial charge in [-0.3, -0.25) is 14.4 Å². The third-order valence-electron chi connectivity index (χ3n) is 6.04. The number of hydrogen-bond donors (Lipinski definition) is 2. The molecule has 0 spiro atoms. The summed E-state index contributed by atoms with van der Waals surface area (Å²) in [6.45, 7) is 2.59. The number of thiophene rings is 1. The molecule has 2 aromatic heterocycles. The number of rotatable bonds is 7. The van der Waals surface area contributed by atoms with E-state index in [4.69, 9.17) is 21.3 Å². The number of ether oxygens (including phenoxy) is 1. The number of aliphatic imine (C=N–C) groups is 1. The van der Waals surface area contributed by atoms with Crippen molar-refractivity contribution in [3.8, 4) is 5.00 Å². The maximum absolute atomic E-state index is 12.7. The maximum atomic E-state index is 12.7. The van der Waals surface area contributed by atoms with E-state index in [1.807, 2.05) is 28.8 Å². The van der Waals surface area contributed by atoms with Crippen molar-refractivity contribution in [2.45, 2.75) is 32.9 Å². The van der Waals surface area contributed by atoms with E-state index in [1.165, 1.54) is 12.0 Å². The van der Waals surface area contributed by atoms with Gasteiger partial charge in [0.15, 0.2) is 11.6 Å². The van der Waals surface area contributed by atoms with Crippen LogP contribution in [0.25, 0.3) is 5.00 Å². The molecule has 9 nitrogen and oxygen atoms in total. The minimum atomic E-state index is -0.403. The van der Waals surface area contributed by atoms with Crippen LogP contribution in [0.2, 0.25) is 5.02 Å². The molecule has 2 aromatic carbocycles. The number of nitrogens with zero attached hydrogens (tertiary/aromatic N) is 4. The van der Waals surface area contributed by atoms with Crippen molar-refractivity contribution in [3.63, 3.8) is 0 Å². The summed E-state index contributed by atoms with van der Waals surface area (Å²) >= 11 is 8.19. The highest BCUT2D eigenvalue weighted by Gasteiger charge is 2.26. The highest BCUT2D eigenvalue weighted by molar-refractivity contribution is 7.15. The predicted molar refractivity (Wildman–Crippen MR) is 147 cm³/mol. The third kappa shape index (κ3) is 5.32. The van der Waals surface area contributed by atoms with Gasteiger partial charge in [-0.15, -0.1) is 21.5 Å². The Morgan fingerprint density at radius 2 is 1.95 bits per heavy atom. The lowest BCUT2D eigenvalue weighted by Crippen LogP contribution is -2.29. The number of amides is 2. The second-order valence-electron chi connectivity index (χ2n) is 8.56. The molecular formula is C27H25ClN6O3S. The standard InChI is InChI=1S/C27H25ClN6O3S/c1-3-18-13-20-25(19-9-4-5-10-21(19)28)29-14-22-32-33-23(34(22)26(20)38-18)15-30-27(36)31-17-8-6-7-16(11-17)12-24(35)37-2/h4-11,13H,3,12,14-15H2,1-2H3,(H2,30,31,36). The van der Waals surface area contributed by atoms with E-state index in [9.17, 15) is 9.59 Å². The van der Waals surface area contributed by atoms with E-state index in [0.29, 0.717) is 28.9 Å². The number of aromatic nitrogens is 3. The quantitative estimate of drug-likeness (QED) is 0.318. The number of carbonyl (C=O) groups is 2. The average molecular weight is 549 g/mol. The molecule has 0 saturated carbocycles. The molecule has 38 heavy (non-hydrogen) atoms. The summed E-state index contributed by atoms with van der Waals surface area (Å²) in [6, 6.07) is 16.5. The number of methoxy groups -OCH3 is 1. The maximum Gasteiger partial charge on any atom is 0.319 e. The molecule has 11 heteroatoms. The van der Waals surface area contributed by atoms with Crippen LogP contribution >= 0.6 is 22.9 Å². The van der Waals surface area contributed by atoms with Crippen LogP contribution in [-0.2, 0) is 35.5 Å². The molecule has 4 aromatic rings. The molecule has 0 radical (unpaired) electrons. The van der Waals surface area contributed by atoms with E-state index >= 15 is 0 Å². The second-order valence-corrected chi connectivity index (χ2v) is 10.1. The fourth-order valence-electron chi connectivity index (χ4n) is 4.20. The summed E-state index contributed by atoms with van der Waals surface area (Å²) in [4.78, 5) is 30.3. The summed E-state index contributed by atoms with van der Waals surface area (Å²) in [7, 11) is 1.34. The highest BCUT2D eigenvalue weighted by atomic mass is 35.5. The van der Waals surface area contributed by atoms with Crippen molar-refractivity contribution in [3.05, 3.63) is 92.8 Å². The summed E-state index contributed by atoms with van der Waals surface area (Å²) in [5.74, 6) is 0.932. The van der Waals surface area contributed by atoms with Crippen LogP contribution in [0.3, 0.4) is 0 Å². The van der Waals surface area contributed by atoms with Gasteiger partial charge < -0.3 is 15.4 Å². The van der Waals surface area contributed by atoms with Crippen LogP contribution in [0.5, 0.6) is 0 Å². The van der Waals surface area contributed by atoms with Gasteiger partial charge in [0, 0.05) is 26.7 Å². The van der Waals surface area contributed by atoms with Crippen molar-refractivity contribution in [2.24, 2.45) is 4.99 Å². The number of hydrogen-bond acceptors (Lipinski definition) is 7. The molecule has 0 fully saturated rings. The molecule has 5 rings (SSSR count). The van der Waals surface area contributed by atoms with Gasteiger partial charge in [0.2, 0.25) is 0 Å². The van der Waals surface area contributed by atoms with Crippen LogP contribution in [0.1, 0.15) is 40.1 Å². The molecule has 0 saturated heterocycles. The first kappa shape index (κ1) is 25.6. The molecule has 2 amide bonds. The van der Waals surface area contributed by atoms with Crippen molar-refractivity contribution in [1.29, 1.82) is 0 Å².